The predicted molar refractivity (Wildman–Crippen MR) is 142 cm³/mol. The van der Waals surface area contributed by atoms with Crippen LogP contribution in [0.2, 0.25) is 0 Å². The van der Waals surface area contributed by atoms with Gasteiger partial charge in [0.25, 0.3) is 5.91 Å². The maximum atomic E-state index is 13.5. The van der Waals surface area contributed by atoms with E-state index < -0.39 is 5.97 Å². The number of rotatable bonds is 5. The second-order valence-electron chi connectivity index (χ2n) is 8.54. The van der Waals surface area contributed by atoms with Crippen LogP contribution in [0.4, 0.5) is 5.69 Å². The number of furan rings is 1. The zero-order chi connectivity index (χ0) is 24.4. The number of thioether (sulfide) groups is 1. The first-order chi connectivity index (χ1) is 17.0. The van der Waals surface area contributed by atoms with E-state index in [0.717, 1.165) is 41.5 Å². The lowest BCUT2D eigenvalue weighted by Crippen LogP contribution is -2.40. The van der Waals surface area contributed by atoms with Crippen LogP contribution in [-0.4, -0.2) is 33.1 Å². The number of carboxylic acids is 1. The Morgan fingerprint density at radius 2 is 1.86 bits per heavy atom. The van der Waals surface area contributed by atoms with Gasteiger partial charge < -0.3 is 9.52 Å². The van der Waals surface area contributed by atoms with Crippen molar-refractivity contribution in [3.8, 4) is 11.3 Å². The molecule has 0 radical (unpaired) electrons. The van der Waals surface area contributed by atoms with Crippen molar-refractivity contribution in [1.29, 1.82) is 0 Å². The Morgan fingerprint density at radius 3 is 2.60 bits per heavy atom. The van der Waals surface area contributed by atoms with Crippen molar-refractivity contribution in [2.75, 3.05) is 0 Å². The molecule has 1 saturated heterocycles. The predicted octanol–water partition coefficient (Wildman–Crippen LogP) is 7.34. The van der Waals surface area contributed by atoms with Crippen molar-refractivity contribution in [3.63, 3.8) is 0 Å². The molecule has 8 heteroatoms. The third-order valence-electron chi connectivity index (χ3n) is 6.12. The Hall–Kier alpha value is -3.10. The van der Waals surface area contributed by atoms with Gasteiger partial charge in [-0.25, -0.2) is 9.79 Å². The number of hydrogen-bond acceptors (Lipinski definition) is 5. The number of benzene rings is 2. The van der Waals surface area contributed by atoms with E-state index in [9.17, 15) is 14.7 Å². The summed E-state index contributed by atoms with van der Waals surface area (Å²) in [5, 5.41) is 9.91. The normalized spacial score (nSPS) is 19.1. The number of carbonyl (C=O) groups is 2. The van der Waals surface area contributed by atoms with E-state index >= 15 is 0 Å². The first-order valence-corrected chi connectivity index (χ1v) is 13.1. The molecule has 5 rings (SSSR count). The minimum absolute atomic E-state index is 0.0865. The highest BCUT2D eigenvalue weighted by Crippen LogP contribution is 2.39. The molecule has 178 valence electrons. The molecule has 0 spiro atoms. The van der Waals surface area contributed by atoms with E-state index in [1.54, 1.807) is 23.1 Å². The molecular formula is C27H23BrN2O4S. The van der Waals surface area contributed by atoms with Gasteiger partial charge >= 0.3 is 5.97 Å². The first kappa shape index (κ1) is 23.6. The summed E-state index contributed by atoms with van der Waals surface area (Å²) in [5.74, 6) is 0.225. The van der Waals surface area contributed by atoms with Crippen LogP contribution in [0, 0.1) is 0 Å². The second kappa shape index (κ2) is 10.3. The molecule has 1 N–H and O–H groups in total. The van der Waals surface area contributed by atoms with Crippen molar-refractivity contribution in [2.24, 2.45) is 4.99 Å². The number of hydrogen-bond donors (Lipinski definition) is 1. The van der Waals surface area contributed by atoms with E-state index in [4.69, 9.17) is 9.41 Å². The van der Waals surface area contributed by atoms with Gasteiger partial charge in [-0.1, -0.05) is 53.4 Å². The van der Waals surface area contributed by atoms with Crippen LogP contribution >= 0.6 is 27.7 Å². The van der Waals surface area contributed by atoms with Gasteiger partial charge in [-0.2, -0.15) is 0 Å². The van der Waals surface area contributed by atoms with E-state index in [0.29, 0.717) is 21.5 Å². The molecule has 0 unspecified atom stereocenters. The van der Waals surface area contributed by atoms with Crippen LogP contribution in [0.1, 0.15) is 48.2 Å². The quantitative estimate of drug-likeness (QED) is 0.336. The fraction of sp³-hybridized carbons (Fsp3) is 0.222. The average Bonchev–Trinajstić information content (AvgIpc) is 3.45. The lowest BCUT2D eigenvalue weighted by atomic mass is 9.94. The summed E-state index contributed by atoms with van der Waals surface area (Å²) in [6.45, 7) is 0. The number of aliphatic imine (C=N–C) groups is 1. The van der Waals surface area contributed by atoms with Crippen LogP contribution in [0.15, 0.2) is 79.5 Å². The Labute approximate surface area is 215 Å². The van der Waals surface area contributed by atoms with Gasteiger partial charge in [-0.15, -0.1) is 0 Å². The van der Waals surface area contributed by atoms with Gasteiger partial charge in [0.15, 0.2) is 5.17 Å². The fourth-order valence-electron chi connectivity index (χ4n) is 4.37. The molecule has 6 nitrogen and oxygen atoms in total. The van der Waals surface area contributed by atoms with Gasteiger partial charge in [0.05, 0.1) is 16.2 Å². The zero-order valence-electron chi connectivity index (χ0n) is 18.8. The minimum atomic E-state index is -1.01. The van der Waals surface area contributed by atoms with E-state index in [1.807, 2.05) is 36.4 Å². The Kier molecular flexibility index (Phi) is 6.92. The standard InChI is InChI=1S/C27H23BrN2O4S/c28-19-11-9-17(10-12-19)23-14-13-22(34-23)16-24-25(31)30(21-7-2-1-3-8-21)27(35-24)29-20-6-4-5-18(15-20)26(32)33/h4-6,9-16,21H,1-3,7-8H2,(H,32,33)/b24-16+,29-27?. The van der Waals surface area contributed by atoms with Crippen molar-refractivity contribution in [3.05, 3.63) is 81.4 Å². The number of amidine groups is 1. The van der Waals surface area contributed by atoms with E-state index in [2.05, 4.69) is 15.9 Å². The third-order valence-corrected chi connectivity index (χ3v) is 7.64. The van der Waals surface area contributed by atoms with Crippen molar-refractivity contribution < 1.29 is 19.1 Å². The van der Waals surface area contributed by atoms with Crippen molar-refractivity contribution in [2.45, 2.75) is 38.1 Å². The molecule has 2 heterocycles. The molecular weight excluding hydrogens is 528 g/mol. The molecule has 2 aromatic carbocycles. The molecule has 0 atom stereocenters. The number of carbonyl (C=O) groups excluding carboxylic acids is 1. The second-order valence-corrected chi connectivity index (χ2v) is 10.5. The molecule has 1 amide bonds. The van der Waals surface area contributed by atoms with Crippen LogP contribution in [0.3, 0.4) is 0 Å². The summed E-state index contributed by atoms with van der Waals surface area (Å²) in [7, 11) is 0. The summed E-state index contributed by atoms with van der Waals surface area (Å²) >= 11 is 4.75. The average molecular weight is 551 g/mol. The Morgan fingerprint density at radius 1 is 1.09 bits per heavy atom. The lowest BCUT2D eigenvalue weighted by Gasteiger charge is -2.30. The summed E-state index contributed by atoms with van der Waals surface area (Å²) in [4.78, 5) is 31.9. The molecule has 1 saturated carbocycles. The maximum Gasteiger partial charge on any atom is 0.335 e. The van der Waals surface area contributed by atoms with Crippen LogP contribution in [0.5, 0.6) is 0 Å². The topological polar surface area (TPSA) is 83.1 Å². The van der Waals surface area contributed by atoms with Crippen LogP contribution < -0.4 is 0 Å². The number of halogens is 1. The molecule has 0 bridgehead atoms. The lowest BCUT2D eigenvalue weighted by molar-refractivity contribution is -0.124. The smallest absolute Gasteiger partial charge is 0.335 e. The molecule has 2 fully saturated rings. The van der Waals surface area contributed by atoms with Crippen molar-refractivity contribution in [1.82, 2.24) is 4.90 Å². The molecule has 1 aromatic heterocycles. The van der Waals surface area contributed by atoms with Crippen LogP contribution in [-0.2, 0) is 4.79 Å². The third kappa shape index (κ3) is 5.28. The number of amides is 1. The van der Waals surface area contributed by atoms with Gasteiger partial charge in [0, 0.05) is 22.2 Å². The highest BCUT2D eigenvalue weighted by atomic mass is 79.9. The van der Waals surface area contributed by atoms with E-state index in [1.165, 1.54) is 30.3 Å². The highest BCUT2D eigenvalue weighted by molar-refractivity contribution is 9.10. The molecule has 1 aliphatic carbocycles. The molecule has 35 heavy (non-hydrogen) atoms. The Balaban J connectivity index is 1.47. The largest absolute Gasteiger partial charge is 0.478 e. The van der Waals surface area contributed by atoms with Gasteiger partial charge in [0.2, 0.25) is 0 Å². The van der Waals surface area contributed by atoms with Gasteiger partial charge in [0.1, 0.15) is 11.5 Å². The molecule has 2 aliphatic rings. The number of nitrogens with zero attached hydrogens (tertiary/aromatic N) is 2. The summed E-state index contributed by atoms with van der Waals surface area (Å²) in [6, 6.07) is 18.2. The Bertz CT molecular complexity index is 1320. The summed E-state index contributed by atoms with van der Waals surface area (Å²) in [5.41, 5.74) is 1.63. The number of carboxylic acid groups (broad SMARTS) is 1. The molecule has 1 aliphatic heterocycles. The fourth-order valence-corrected chi connectivity index (χ4v) is 5.68. The monoisotopic (exact) mass is 550 g/mol. The van der Waals surface area contributed by atoms with Gasteiger partial charge in [-0.05, 0) is 67.1 Å². The van der Waals surface area contributed by atoms with Gasteiger partial charge in [-0.3, -0.25) is 9.69 Å². The van der Waals surface area contributed by atoms with Crippen LogP contribution in [0.25, 0.3) is 17.4 Å². The minimum Gasteiger partial charge on any atom is -0.478 e. The summed E-state index contributed by atoms with van der Waals surface area (Å²) in [6.07, 6.45) is 6.96. The zero-order valence-corrected chi connectivity index (χ0v) is 21.2. The van der Waals surface area contributed by atoms with Crippen molar-refractivity contribution >= 4 is 56.5 Å². The number of aromatic carboxylic acids is 1. The molecule has 3 aromatic rings. The highest BCUT2D eigenvalue weighted by Gasteiger charge is 2.38. The summed E-state index contributed by atoms with van der Waals surface area (Å²) < 4.78 is 7.01. The van der Waals surface area contributed by atoms with E-state index in [-0.39, 0.29) is 17.5 Å². The SMILES string of the molecule is O=C(O)c1cccc(N=C2S/C(=C/c3ccc(-c4ccc(Br)cc4)o3)C(=O)N2C2CCCCC2)c1. The maximum absolute atomic E-state index is 13.5. The first-order valence-electron chi connectivity index (χ1n) is 11.5.